The van der Waals surface area contributed by atoms with Crippen molar-refractivity contribution in [3.63, 3.8) is 0 Å². The van der Waals surface area contributed by atoms with Crippen molar-refractivity contribution >= 4 is 11.7 Å². The molecule has 0 fully saturated rings. The Morgan fingerprint density at radius 3 is 2.47 bits per heavy atom. The molecular formula is C11H12F3NO4. The second-order valence-corrected chi connectivity index (χ2v) is 3.61. The van der Waals surface area contributed by atoms with Crippen molar-refractivity contribution in [2.75, 3.05) is 19.5 Å². The average molecular weight is 279 g/mol. The number of nitrogens with two attached hydrogens (primary N) is 1. The first kappa shape index (κ1) is 14.9. The fourth-order valence-electron chi connectivity index (χ4n) is 1.31. The average Bonchev–Trinajstić information content (AvgIpc) is 2.28. The van der Waals surface area contributed by atoms with Crippen LogP contribution in [0.3, 0.4) is 0 Å². The minimum absolute atomic E-state index is 0.0625. The van der Waals surface area contributed by atoms with Crippen LogP contribution in [-0.2, 0) is 0 Å². The summed E-state index contributed by atoms with van der Waals surface area (Å²) < 4.78 is 45.7. The van der Waals surface area contributed by atoms with Gasteiger partial charge in [-0.15, -0.1) is 0 Å². The van der Waals surface area contributed by atoms with Gasteiger partial charge in [0.2, 0.25) is 0 Å². The Morgan fingerprint density at radius 2 is 2.00 bits per heavy atom. The number of aromatic carboxylic acids is 1. The summed E-state index contributed by atoms with van der Waals surface area (Å²) in [6.07, 6.45) is -5.50. The normalized spacial score (nSPS) is 11.2. The third-order valence-corrected chi connectivity index (χ3v) is 2.21. The zero-order chi connectivity index (χ0) is 14.6. The van der Waals surface area contributed by atoms with Gasteiger partial charge in [0.25, 0.3) is 0 Å². The van der Waals surface area contributed by atoms with Crippen molar-refractivity contribution in [2.45, 2.75) is 12.6 Å². The van der Waals surface area contributed by atoms with Gasteiger partial charge < -0.3 is 20.3 Å². The van der Waals surface area contributed by atoms with E-state index in [0.29, 0.717) is 0 Å². The van der Waals surface area contributed by atoms with Gasteiger partial charge in [-0.3, -0.25) is 0 Å². The summed E-state index contributed by atoms with van der Waals surface area (Å²) in [4.78, 5) is 10.9. The van der Waals surface area contributed by atoms with Gasteiger partial charge in [0.15, 0.2) is 11.5 Å². The minimum Gasteiger partial charge on any atom is -0.493 e. The summed E-state index contributed by atoms with van der Waals surface area (Å²) >= 11 is 0. The number of benzene rings is 1. The second-order valence-electron chi connectivity index (χ2n) is 3.61. The molecule has 106 valence electrons. The molecule has 1 aromatic rings. The molecule has 0 aromatic heterocycles. The molecule has 0 atom stereocenters. The maximum absolute atomic E-state index is 12.0. The van der Waals surface area contributed by atoms with Crippen LogP contribution in [0.15, 0.2) is 12.1 Å². The van der Waals surface area contributed by atoms with Gasteiger partial charge >= 0.3 is 12.1 Å². The van der Waals surface area contributed by atoms with E-state index in [1.54, 1.807) is 0 Å². The summed E-state index contributed by atoms with van der Waals surface area (Å²) in [6.45, 7) is -0.636. The molecule has 0 amide bonds. The van der Waals surface area contributed by atoms with Crippen LogP contribution >= 0.6 is 0 Å². The number of halogens is 3. The van der Waals surface area contributed by atoms with Crippen molar-refractivity contribution in [1.82, 2.24) is 0 Å². The Morgan fingerprint density at radius 1 is 1.37 bits per heavy atom. The third-order valence-electron chi connectivity index (χ3n) is 2.21. The lowest BCUT2D eigenvalue weighted by Crippen LogP contribution is -2.13. The number of alkyl halides is 3. The zero-order valence-electron chi connectivity index (χ0n) is 9.95. The molecule has 19 heavy (non-hydrogen) atoms. The van der Waals surface area contributed by atoms with Crippen LogP contribution in [0, 0.1) is 0 Å². The fourth-order valence-corrected chi connectivity index (χ4v) is 1.31. The van der Waals surface area contributed by atoms with Crippen LogP contribution < -0.4 is 15.2 Å². The van der Waals surface area contributed by atoms with Crippen molar-refractivity contribution in [1.29, 1.82) is 0 Å². The highest BCUT2D eigenvalue weighted by atomic mass is 19.4. The maximum Gasteiger partial charge on any atom is 0.392 e. The standard InChI is InChI=1S/C11H12F3NO4/c1-18-8-5-7(15)6(10(16)17)4-9(8)19-3-2-11(12,13)14/h4-5H,2-3,15H2,1H3,(H,16,17). The van der Waals surface area contributed by atoms with Crippen molar-refractivity contribution in [3.05, 3.63) is 17.7 Å². The molecule has 5 nitrogen and oxygen atoms in total. The van der Waals surface area contributed by atoms with Crippen LogP contribution in [0.1, 0.15) is 16.8 Å². The number of carbonyl (C=O) groups is 1. The first-order chi connectivity index (χ1) is 8.74. The molecule has 8 heteroatoms. The number of carboxylic acid groups (broad SMARTS) is 1. The van der Waals surface area contributed by atoms with E-state index < -0.39 is 25.2 Å². The summed E-state index contributed by atoms with van der Waals surface area (Å²) in [5, 5.41) is 8.85. The molecule has 0 saturated carbocycles. The number of ether oxygens (including phenoxy) is 2. The molecule has 0 saturated heterocycles. The van der Waals surface area contributed by atoms with E-state index in [-0.39, 0.29) is 22.7 Å². The van der Waals surface area contributed by atoms with E-state index in [1.807, 2.05) is 0 Å². The first-order valence-corrected chi connectivity index (χ1v) is 5.15. The number of rotatable bonds is 5. The minimum atomic E-state index is -4.35. The summed E-state index contributed by atoms with van der Waals surface area (Å²) in [5.41, 5.74) is 5.14. The van der Waals surface area contributed by atoms with E-state index in [4.69, 9.17) is 20.3 Å². The van der Waals surface area contributed by atoms with Gasteiger partial charge in [-0.1, -0.05) is 0 Å². The van der Waals surface area contributed by atoms with Crippen LogP contribution in [0.4, 0.5) is 18.9 Å². The Kier molecular flexibility index (Phi) is 4.47. The Hall–Kier alpha value is -2.12. The van der Waals surface area contributed by atoms with Crippen molar-refractivity contribution < 1.29 is 32.5 Å². The lowest BCUT2D eigenvalue weighted by Gasteiger charge is -2.13. The number of carboxylic acids is 1. The Balaban J connectivity index is 2.92. The van der Waals surface area contributed by atoms with E-state index >= 15 is 0 Å². The number of anilines is 1. The summed E-state index contributed by atoms with van der Waals surface area (Å²) in [6, 6.07) is 2.22. The number of hydrogen-bond donors (Lipinski definition) is 2. The van der Waals surface area contributed by atoms with Crippen molar-refractivity contribution in [3.8, 4) is 11.5 Å². The fraction of sp³-hybridized carbons (Fsp3) is 0.364. The van der Waals surface area contributed by atoms with E-state index in [9.17, 15) is 18.0 Å². The topological polar surface area (TPSA) is 81.8 Å². The molecule has 1 rings (SSSR count). The third kappa shape index (κ3) is 4.23. The van der Waals surface area contributed by atoms with E-state index in [0.717, 1.165) is 6.07 Å². The molecule has 0 spiro atoms. The summed E-state index contributed by atoms with van der Waals surface area (Å²) in [5.74, 6) is -1.33. The largest absolute Gasteiger partial charge is 0.493 e. The van der Waals surface area contributed by atoms with Gasteiger partial charge in [0.1, 0.15) is 0 Å². The van der Waals surface area contributed by atoms with E-state index in [2.05, 4.69) is 0 Å². The molecule has 3 N–H and O–H groups in total. The molecule has 1 aromatic carbocycles. The summed E-state index contributed by atoms with van der Waals surface area (Å²) in [7, 11) is 1.27. The van der Waals surface area contributed by atoms with Gasteiger partial charge in [-0.2, -0.15) is 13.2 Å². The molecule has 0 unspecified atom stereocenters. The highest BCUT2D eigenvalue weighted by Gasteiger charge is 2.27. The van der Waals surface area contributed by atoms with Crippen molar-refractivity contribution in [2.24, 2.45) is 0 Å². The second kappa shape index (κ2) is 5.68. The van der Waals surface area contributed by atoms with Gasteiger partial charge in [0.05, 0.1) is 31.4 Å². The molecule has 0 radical (unpaired) electrons. The van der Waals surface area contributed by atoms with Crippen LogP contribution in [0.25, 0.3) is 0 Å². The monoisotopic (exact) mass is 279 g/mol. The number of nitrogen functional groups attached to an aromatic ring is 1. The smallest absolute Gasteiger partial charge is 0.392 e. The lowest BCUT2D eigenvalue weighted by molar-refractivity contribution is -0.139. The first-order valence-electron chi connectivity index (χ1n) is 5.15. The molecular weight excluding hydrogens is 267 g/mol. The van der Waals surface area contributed by atoms with Crippen LogP contribution in [0.2, 0.25) is 0 Å². The maximum atomic E-state index is 12.0. The highest BCUT2D eigenvalue weighted by molar-refractivity contribution is 5.94. The van der Waals surface area contributed by atoms with Crippen LogP contribution in [-0.4, -0.2) is 31.0 Å². The molecule has 0 bridgehead atoms. The molecule has 0 aliphatic rings. The van der Waals surface area contributed by atoms with Gasteiger partial charge in [-0.25, -0.2) is 4.79 Å². The molecule has 0 heterocycles. The SMILES string of the molecule is COc1cc(N)c(C(=O)O)cc1OCCC(F)(F)F. The number of hydrogen-bond acceptors (Lipinski definition) is 4. The lowest BCUT2D eigenvalue weighted by atomic mass is 10.1. The predicted molar refractivity (Wildman–Crippen MR) is 60.5 cm³/mol. The molecule has 0 aliphatic heterocycles. The van der Waals surface area contributed by atoms with E-state index in [1.165, 1.54) is 13.2 Å². The number of methoxy groups -OCH3 is 1. The van der Waals surface area contributed by atoms with Gasteiger partial charge in [-0.05, 0) is 0 Å². The van der Waals surface area contributed by atoms with Gasteiger partial charge in [0, 0.05) is 12.1 Å². The zero-order valence-corrected chi connectivity index (χ0v) is 9.95. The Bertz CT molecular complexity index is 474. The molecule has 0 aliphatic carbocycles. The Labute approximate surface area is 106 Å². The van der Waals surface area contributed by atoms with Crippen LogP contribution in [0.5, 0.6) is 11.5 Å². The quantitative estimate of drug-likeness (QED) is 0.808. The highest BCUT2D eigenvalue weighted by Crippen LogP contribution is 2.33. The predicted octanol–water partition coefficient (Wildman–Crippen LogP) is 2.31.